The Bertz CT molecular complexity index is 339. The van der Waals surface area contributed by atoms with Gasteiger partial charge in [-0.3, -0.25) is 9.59 Å². The molecule has 0 aromatic carbocycles. The molecule has 1 aliphatic heterocycles. The molecular weight excluding hydrogens is 252 g/mol. The second-order valence-electron chi connectivity index (χ2n) is 6.68. The summed E-state index contributed by atoms with van der Waals surface area (Å²) in [5.74, 6) is 1.16. The third-order valence-electron chi connectivity index (χ3n) is 3.86. The van der Waals surface area contributed by atoms with Crippen LogP contribution in [0, 0.1) is 11.8 Å². The average molecular weight is 282 g/mol. The molecule has 1 rings (SSSR count). The molecule has 1 fully saturated rings. The lowest BCUT2D eigenvalue weighted by Crippen LogP contribution is -2.63. The van der Waals surface area contributed by atoms with Crippen LogP contribution in [0.4, 0.5) is 0 Å². The summed E-state index contributed by atoms with van der Waals surface area (Å²) in [5, 5.41) is 2.87. The number of nitrogens with zero attached hydrogens (tertiary/aromatic N) is 1. The van der Waals surface area contributed by atoms with Crippen LogP contribution in [0.5, 0.6) is 0 Å². The fraction of sp³-hybridized carbons (Fsp3) is 0.875. The number of rotatable bonds is 7. The molecule has 0 bridgehead atoms. The van der Waals surface area contributed by atoms with E-state index in [9.17, 15) is 9.59 Å². The smallest absolute Gasteiger partial charge is 0.245 e. The van der Waals surface area contributed by atoms with Crippen molar-refractivity contribution in [2.75, 3.05) is 6.54 Å². The Morgan fingerprint density at radius 3 is 2.30 bits per heavy atom. The van der Waals surface area contributed by atoms with Crippen LogP contribution >= 0.6 is 0 Å². The summed E-state index contributed by atoms with van der Waals surface area (Å²) in [4.78, 5) is 26.6. The lowest BCUT2D eigenvalue weighted by molar-refractivity contribution is -0.150. The molecule has 0 saturated carbocycles. The van der Waals surface area contributed by atoms with Gasteiger partial charge in [-0.25, -0.2) is 0 Å². The molecule has 0 radical (unpaired) electrons. The minimum Gasteiger partial charge on any atom is -0.343 e. The van der Waals surface area contributed by atoms with Crippen LogP contribution in [-0.4, -0.2) is 35.3 Å². The van der Waals surface area contributed by atoms with Crippen molar-refractivity contribution >= 4 is 11.8 Å². The number of hydrogen-bond donors (Lipinski definition) is 1. The van der Waals surface area contributed by atoms with Gasteiger partial charge in [0.05, 0.1) is 0 Å². The molecule has 4 heteroatoms. The van der Waals surface area contributed by atoms with Crippen molar-refractivity contribution in [1.29, 1.82) is 0 Å². The van der Waals surface area contributed by atoms with Crippen LogP contribution in [0.25, 0.3) is 0 Å². The van der Waals surface area contributed by atoms with E-state index in [4.69, 9.17) is 0 Å². The molecule has 2 amide bonds. The van der Waals surface area contributed by atoms with Crippen molar-refractivity contribution in [2.45, 2.75) is 72.4 Å². The highest BCUT2D eigenvalue weighted by Crippen LogP contribution is 2.20. The summed E-state index contributed by atoms with van der Waals surface area (Å²) in [7, 11) is 0. The Morgan fingerprint density at radius 2 is 1.80 bits per heavy atom. The molecule has 1 N–H and O–H groups in total. The van der Waals surface area contributed by atoms with Crippen LogP contribution in [-0.2, 0) is 9.59 Å². The predicted molar refractivity (Wildman–Crippen MR) is 81.2 cm³/mol. The van der Waals surface area contributed by atoms with Gasteiger partial charge < -0.3 is 10.2 Å². The van der Waals surface area contributed by atoms with Crippen LogP contribution in [0.3, 0.4) is 0 Å². The molecule has 4 nitrogen and oxygen atoms in total. The van der Waals surface area contributed by atoms with E-state index >= 15 is 0 Å². The monoisotopic (exact) mass is 282 g/mol. The molecule has 20 heavy (non-hydrogen) atoms. The second-order valence-corrected chi connectivity index (χ2v) is 6.68. The number of piperazine rings is 1. The van der Waals surface area contributed by atoms with E-state index in [0.29, 0.717) is 24.8 Å². The van der Waals surface area contributed by atoms with Gasteiger partial charge in [-0.05, 0) is 37.5 Å². The van der Waals surface area contributed by atoms with Crippen molar-refractivity contribution in [3.63, 3.8) is 0 Å². The highest BCUT2D eigenvalue weighted by molar-refractivity contribution is 5.96. The summed E-state index contributed by atoms with van der Waals surface area (Å²) in [5.41, 5.74) is 0. The van der Waals surface area contributed by atoms with E-state index in [1.54, 1.807) is 0 Å². The van der Waals surface area contributed by atoms with Gasteiger partial charge in [-0.2, -0.15) is 0 Å². The summed E-state index contributed by atoms with van der Waals surface area (Å²) in [6.07, 6.45) is 3.48. The van der Waals surface area contributed by atoms with Gasteiger partial charge in [0.2, 0.25) is 11.8 Å². The Labute approximate surface area is 123 Å². The number of hydrogen-bond acceptors (Lipinski definition) is 2. The first-order valence-corrected chi connectivity index (χ1v) is 7.97. The van der Waals surface area contributed by atoms with Crippen molar-refractivity contribution in [2.24, 2.45) is 11.8 Å². The largest absolute Gasteiger partial charge is 0.343 e. The highest BCUT2D eigenvalue weighted by atomic mass is 16.2. The molecule has 2 unspecified atom stereocenters. The van der Waals surface area contributed by atoms with Crippen LogP contribution in [0.15, 0.2) is 0 Å². The molecule has 0 aromatic heterocycles. The molecule has 1 heterocycles. The summed E-state index contributed by atoms with van der Waals surface area (Å²) in [6.45, 7) is 11.2. The molecule has 2 atom stereocenters. The second kappa shape index (κ2) is 7.65. The predicted octanol–water partition coefficient (Wildman–Crippen LogP) is 2.57. The Kier molecular flexibility index (Phi) is 6.50. The van der Waals surface area contributed by atoms with E-state index in [-0.39, 0.29) is 23.9 Å². The molecule has 116 valence electrons. The molecular formula is C16H30N2O2. The lowest BCUT2D eigenvalue weighted by Gasteiger charge is -2.39. The molecule has 0 aliphatic carbocycles. The number of carbonyl (C=O) groups is 2. The summed E-state index contributed by atoms with van der Waals surface area (Å²) >= 11 is 0. The maximum Gasteiger partial charge on any atom is 0.245 e. The fourth-order valence-electron chi connectivity index (χ4n) is 2.72. The normalized spacial score (nSPS) is 23.6. The van der Waals surface area contributed by atoms with Gasteiger partial charge in [-0.15, -0.1) is 0 Å². The van der Waals surface area contributed by atoms with Crippen LogP contribution in [0.1, 0.15) is 60.3 Å². The van der Waals surface area contributed by atoms with Gasteiger partial charge >= 0.3 is 0 Å². The molecule has 1 aliphatic rings. The summed E-state index contributed by atoms with van der Waals surface area (Å²) in [6, 6.07) is -0.609. The minimum absolute atomic E-state index is 0.0229. The van der Waals surface area contributed by atoms with Crippen LogP contribution in [0.2, 0.25) is 0 Å². The zero-order valence-corrected chi connectivity index (χ0v) is 13.6. The number of nitrogens with one attached hydrogen (secondary N) is 1. The third kappa shape index (κ3) is 4.50. The topological polar surface area (TPSA) is 49.4 Å². The maximum atomic E-state index is 12.5. The van der Waals surface area contributed by atoms with E-state index in [0.717, 1.165) is 19.3 Å². The van der Waals surface area contributed by atoms with Crippen molar-refractivity contribution in [3.05, 3.63) is 0 Å². The van der Waals surface area contributed by atoms with Crippen molar-refractivity contribution in [3.8, 4) is 0 Å². The molecule has 0 aromatic rings. The quantitative estimate of drug-likeness (QED) is 0.780. The van der Waals surface area contributed by atoms with E-state index in [2.05, 4.69) is 33.0 Å². The zero-order chi connectivity index (χ0) is 15.3. The van der Waals surface area contributed by atoms with Gasteiger partial charge in [-0.1, -0.05) is 34.6 Å². The summed E-state index contributed by atoms with van der Waals surface area (Å²) < 4.78 is 0. The number of carbonyl (C=O) groups excluding carboxylic acids is 2. The average Bonchev–Trinajstić information content (AvgIpc) is 2.36. The Balaban J connectivity index is 2.77. The van der Waals surface area contributed by atoms with E-state index < -0.39 is 0 Å². The zero-order valence-electron chi connectivity index (χ0n) is 13.6. The molecule has 0 spiro atoms. The molecule has 1 saturated heterocycles. The SMILES string of the molecule is CCC1NC(=O)C(CC(C)C)N(CCCC(C)C)C1=O. The first kappa shape index (κ1) is 17.0. The third-order valence-corrected chi connectivity index (χ3v) is 3.86. The minimum atomic E-state index is -0.329. The van der Waals surface area contributed by atoms with Gasteiger partial charge in [0.1, 0.15) is 12.1 Å². The van der Waals surface area contributed by atoms with Crippen LogP contribution < -0.4 is 5.32 Å². The number of amides is 2. The van der Waals surface area contributed by atoms with Crippen molar-refractivity contribution in [1.82, 2.24) is 10.2 Å². The first-order chi connectivity index (χ1) is 9.36. The standard InChI is InChI=1S/C16H30N2O2/c1-6-13-16(20)18(9-7-8-11(2)3)14(10-12(4)5)15(19)17-13/h11-14H,6-10H2,1-5H3,(H,17,19). The lowest BCUT2D eigenvalue weighted by atomic mass is 9.96. The van der Waals surface area contributed by atoms with Crippen molar-refractivity contribution < 1.29 is 9.59 Å². The van der Waals surface area contributed by atoms with Gasteiger partial charge in [0, 0.05) is 6.54 Å². The van der Waals surface area contributed by atoms with E-state index in [1.807, 2.05) is 11.8 Å². The Morgan fingerprint density at radius 1 is 1.15 bits per heavy atom. The fourth-order valence-corrected chi connectivity index (χ4v) is 2.72. The maximum absolute atomic E-state index is 12.5. The van der Waals surface area contributed by atoms with Gasteiger partial charge in [0.25, 0.3) is 0 Å². The Hall–Kier alpha value is -1.06. The highest BCUT2D eigenvalue weighted by Gasteiger charge is 2.39. The van der Waals surface area contributed by atoms with E-state index in [1.165, 1.54) is 0 Å². The van der Waals surface area contributed by atoms with Gasteiger partial charge in [0.15, 0.2) is 0 Å². The first-order valence-electron chi connectivity index (χ1n) is 7.97.